The topological polar surface area (TPSA) is 160 Å². The normalized spacial score (nSPS) is 33.0. The lowest BCUT2D eigenvalue weighted by atomic mass is 9.94. The van der Waals surface area contributed by atoms with E-state index in [1.807, 2.05) is 10.2 Å². The summed E-state index contributed by atoms with van der Waals surface area (Å²) in [7, 11) is 0. The number of carbonyl (C=O) groups is 1. The Balaban J connectivity index is 2.69. The summed E-state index contributed by atoms with van der Waals surface area (Å²) in [5.41, 5.74) is 7.90. The molecule has 120 valence electrons. The van der Waals surface area contributed by atoms with Gasteiger partial charge in [-0.25, -0.2) is 4.79 Å². The van der Waals surface area contributed by atoms with Crippen molar-refractivity contribution in [2.45, 2.75) is 43.6 Å². The van der Waals surface area contributed by atoms with E-state index in [-0.39, 0.29) is 0 Å². The fourth-order valence-corrected chi connectivity index (χ4v) is 1.91. The molecule has 1 fully saturated rings. The summed E-state index contributed by atoms with van der Waals surface area (Å²) in [6.45, 7) is 0.852. The molecule has 2 unspecified atom stereocenters. The summed E-state index contributed by atoms with van der Waals surface area (Å²) in [5, 5.41) is 33.5. The number of amides is 2. The number of ether oxygens (including phenoxy) is 1. The number of nitrogens with zero attached hydrogens (tertiary/aromatic N) is 3. The summed E-state index contributed by atoms with van der Waals surface area (Å²) in [5.74, 6) is 0. The number of alkyl halides is 2. The number of nitrogens with one attached hydrogen (secondary N) is 2. The number of azide groups is 1. The molecule has 1 aliphatic heterocycles. The number of carbonyl (C=O) groups excluding carboxylic acids is 1. The van der Waals surface area contributed by atoms with Crippen LogP contribution < -0.4 is 10.6 Å². The van der Waals surface area contributed by atoms with Gasteiger partial charge in [0.1, 0.15) is 18.3 Å². The van der Waals surface area contributed by atoms with Crippen LogP contribution in [0.25, 0.3) is 10.4 Å². The Bertz CT molecular complexity index is 433. The highest BCUT2D eigenvalue weighted by atomic mass is 19.3. The second-order valence-corrected chi connectivity index (χ2v) is 4.40. The number of hydrogen-bond donors (Lipinski definition) is 5. The van der Waals surface area contributed by atoms with Gasteiger partial charge in [0, 0.05) is 10.0 Å². The lowest BCUT2D eigenvalue weighted by Crippen LogP contribution is -2.65. The minimum Gasteiger partial charge on any atom is -0.394 e. The van der Waals surface area contributed by atoms with Crippen LogP contribution >= 0.6 is 0 Å². The van der Waals surface area contributed by atoms with Crippen molar-refractivity contribution in [1.29, 1.82) is 0 Å². The molecule has 21 heavy (non-hydrogen) atoms. The van der Waals surface area contributed by atoms with Crippen molar-refractivity contribution in [3.05, 3.63) is 10.4 Å². The highest BCUT2D eigenvalue weighted by Crippen LogP contribution is 2.21. The molecule has 2 amide bonds. The third-order valence-corrected chi connectivity index (χ3v) is 2.91. The van der Waals surface area contributed by atoms with E-state index in [4.69, 9.17) is 15.4 Å². The van der Waals surface area contributed by atoms with Gasteiger partial charge in [-0.2, -0.15) is 8.78 Å². The number of urea groups is 1. The molecule has 5 atom stereocenters. The number of hydrogen-bond acceptors (Lipinski definition) is 6. The van der Waals surface area contributed by atoms with Crippen molar-refractivity contribution >= 4 is 6.03 Å². The van der Waals surface area contributed by atoms with Crippen molar-refractivity contribution in [1.82, 2.24) is 10.6 Å². The largest absolute Gasteiger partial charge is 0.406 e. The Hall–Kier alpha value is -1.72. The molecule has 12 heteroatoms. The van der Waals surface area contributed by atoms with Gasteiger partial charge in [-0.15, -0.1) is 0 Å². The molecule has 1 heterocycles. The molecule has 0 saturated carbocycles. The van der Waals surface area contributed by atoms with Crippen LogP contribution in [0.5, 0.6) is 0 Å². The van der Waals surface area contributed by atoms with E-state index in [9.17, 15) is 23.8 Å². The predicted molar refractivity (Wildman–Crippen MR) is 63.0 cm³/mol. The summed E-state index contributed by atoms with van der Waals surface area (Å²) >= 11 is 0. The quantitative estimate of drug-likeness (QED) is 0.195. The van der Waals surface area contributed by atoms with Crippen LogP contribution in [0.4, 0.5) is 13.6 Å². The standard InChI is InChI=1S/C9H15F2N5O5/c1-3-5(7(19)6(18)4(2-17)21-3)13-8(20)14-9(10,11)15-16-12/h3-7,17-19H,2H2,1H3,(H2,13,14,20)/t3-,4?,5?,6+,7-/m1/s1. The molecule has 0 aromatic rings. The summed E-state index contributed by atoms with van der Waals surface area (Å²) in [6, 6.07) is -2.63. The average molecular weight is 311 g/mol. The Morgan fingerprint density at radius 2 is 2.10 bits per heavy atom. The van der Waals surface area contributed by atoms with E-state index in [1.165, 1.54) is 6.92 Å². The first-order valence-electron chi connectivity index (χ1n) is 5.87. The zero-order valence-electron chi connectivity index (χ0n) is 10.8. The monoisotopic (exact) mass is 311 g/mol. The van der Waals surface area contributed by atoms with Gasteiger partial charge >= 0.3 is 12.2 Å². The van der Waals surface area contributed by atoms with Gasteiger partial charge in [-0.3, -0.25) is 5.32 Å². The maximum atomic E-state index is 12.8. The lowest BCUT2D eigenvalue weighted by molar-refractivity contribution is -0.187. The van der Waals surface area contributed by atoms with Crippen molar-refractivity contribution < 1.29 is 33.6 Å². The van der Waals surface area contributed by atoms with Crippen molar-refractivity contribution in [3.8, 4) is 0 Å². The first-order valence-corrected chi connectivity index (χ1v) is 5.87. The highest BCUT2D eigenvalue weighted by molar-refractivity contribution is 5.74. The molecule has 1 saturated heterocycles. The molecule has 1 aliphatic rings. The first-order chi connectivity index (χ1) is 9.71. The minimum absolute atomic E-state index is 0.559. The molecular weight excluding hydrogens is 296 g/mol. The van der Waals surface area contributed by atoms with Gasteiger partial charge < -0.3 is 25.4 Å². The van der Waals surface area contributed by atoms with Crippen LogP contribution in [-0.4, -0.2) is 64.6 Å². The fourth-order valence-electron chi connectivity index (χ4n) is 1.91. The average Bonchev–Trinajstić information content (AvgIpc) is 2.38. The molecular formula is C9H15F2N5O5. The lowest BCUT2D eigenvalue weighted by Gasteiger charge is -2.41. The number of aliphatic hydroxyl groups excluding tert-OH is 3. The number of rotatable bonds is 4. The summed E-state index contributed by atoms with van der Waals surface area (Å²) in [4.78, 5) is 13.2. The summed E-state index contributed by atoms with van der Waals surface area (Å²) in [6.07, 6.45) is -9.10. The van der Waals surface area contributed by atoms with Gasteiger partial charge in [0.2, 0.25) is 0 Å². The molecule has 10 nitrogen and oxygen atoms in total. The molecule has 0 aliphatic carbocycles. The SMILES string of the molecule is C[C@H]1OC(CO)[C@H](O)[C@H](O)C1NC(=O)NC(F)(F)N=[N+]=[N-]. The fraction of sp³-hybridized carbons (Fsp3) is 0.889. The van der Waals surface area contributed by atoms with Crippen LogP contribution in [0.2, 0.25) is 0 Å². The van der Waals surface area contributed by atoms with Crippen LogP contribution in [-0.2, 0) is 4.74 Å². The molecule has 0 radical (unpaired) electrons. The van der Waals surface area contributed by atoms with Gasteiger partial charge in [-0.05, 0) is 12.5 Å². The third kappa shape index (κ3) is 4.37. The zero-order chi connectivity index (χ0) is 16.2. The number of halogens is 2. The second-order valence-electron chi connectivity index (χ2n) is 4.40. The summed E-state index contributed by atoms with van der Waals surface area (Å²) < 4.78 is 30.8. The predicted octanol–water partition coefficient (Wildman–Crippen LogP) is -0.984. The highest BCUT2D eigenvalue weighted by Gasteiger charge is 2.43. The van der Waals surface area contributed by atoms with Crippen molar-refractivity contribution in [2.24, 2.45) is 5.11 Å². The molecule has 0 aromatic carbocycles. The minimum atomic E-state index is -4.14. The van der Waals surface area contributed by atoms with E-state index in [0.29, 0.717) is 0 Å². The van der Waals surface area contributed by atoms with Crippen molar-refractivity contribution in [3.63, 3.8) is 0 Å². The zero-order valence-corrected chi connectivity index (χ0v) is 10.8. The molecule has 1 rings (SSSR count). The molecule has 5 N–H and O–H groups in total. The smallest absolute Gasteiger partial charge is 0.394 e. The van der Waals surface area contributed by atoms with E-state index in [1.54, 1.807) is 0 Å². The Morgan fingerprint density at radius 1 is 1.48 bits per heavy atom. The van der Waals surface area contributed by atoms with E-state index < -0.39 is 49.3 Å². The first kappa shape index (κ1) is 17.3. The van der Waals surface area contributed by atoms with Gasteiger partial charge in [0.05, 0.1) is 18.8 Å². The maximum Gasteiger partial charge on any atom is 0.406 e. The van der Waals surface area contributed by atoms with E-state index in [2.05, 4.69) is 5.11 Å². The van der Waals surface area contributed by atoms with Crippen LogP contribution in [0.15, 0.2) is 5.11 Å². The van der Waals surface area contributed by atoms with Crippen molar-refractivity contribution in [2.75, 3.05) is 6.61 Å². The van der Waals surface area contributed by atoms with E-state index in [0.717, 1.165) is 5.32 Å². The maximum absolute atomic E-state index is 12.8. The Labute approximate surface area is 117 Å². The molecule has 0 aromatic heterocycles. The molecule has 0 spiro atoms. The van der Waals surface area contributed by atoms with Gasteiger partial charge in [-0.1, -0.05) is 0 Å². The van der Waals surface area contributed by atoms with Gasteiger partial charge in [0.15, 0.2) is 0 Å². The Kier molecular flexibility index (Phi) is 5.63. The second kappa shape index (κ2) is 6.83. The van der Waals surface area contributed by atoms with Crippen LogP contribution in [0.3, 0.4) is 0 Å². The third-order valence-electron chi connectivity index (χ3n) is 2.91. The number of aliphatic hydroxyl groups is 3. The van der Waals surface area contributed by atoms with Crippen LogP contribution in [0, 0.1) is 0 Å². The Morgan fingerprint density at radius 3 is 2.62 bits per heavy atom. The van der Waals surface area contributed by atoms with Crippen LogP contribution in [0.1, 0.15) is 6.92 Å². The van der Waals surface area contributed by atoms with E-state index >= 15 is 0 Å². The van der Waals surface area contributed by atoms with Gasteiger partial charge in [0.25, 0.3) is 0 Å². The molecule has 0 bridgehead atoms.